The van der Waals surface area contributed by atoms with E-state index in [4.69, 9.17) is 16.2 Å². The Bertz CT molecular complexity index is 656. The van der Waals surface area contributed by atoms with Crippen LogP contribution < -0.4 is 11.5 Å². The molecule has 8 heteroatoms. The number of hydrogen-bond acceptors (Lipinski definition) is 5. The molecule has 0 amide bonds. The Balaban J connectivity index is 2.16. The fourth-order valence-electron chi connectivity index (χ4n) is 3.31. The van der Waals surface area contributed by atoms with Gasteiger partial charge in [-0.1, -0.05) is 11.8 Å². The molecule has 0 saturated heterocycles. The summed E-state index contributed by atoms with van der Waals surface area (Å²) in [5.74, 6) is -2.57. The number of benzene rings is 1. The van der Waals surface area contributed by atoms with Gasteiger partial charge >= 0.3 is 0 Å². The molecule has 0 spiro atoms. The van der Waals surface area contributed by atoms with E-state index in [1.165, 1.54) is 24.9 Å². The summed E-state index contributed by atoms with van der Waals surface area (Å²) in [7, 11) is 1.53. The van der Waals surface area contributed by atoms with Crippen molar-refractivity contribution >= 4 is 22.6 Å². The number of alkyl halides is 1. The number of aliphatic imine (C=N–C) groups is 1. The highest BCUT2D eigenvalue weighted by Crippen LogP contribution is 2.66. The van der Waals surface area contributed by atoms with Gasteiger partial charge in [0.05, 0.1) is 11.4 Å². The van der Waals surface area contributed by atoms with E-state index in [0.717, 1.165) is 6.07 Å². The number of nitrogens with zero attached hydrogens (tertiary/aromatic N) is 1. The van der Waals surface area contributed by atoms with Gasteiger partial charge in [0.1, 0.15) is 12.2 Å². The highest BCUT2D eigenvalue weighted by molar-refractivity contribution is 8.15. The zero-order valence-corrected chi connectivity index (χ0v) is 12.7. The van der Waals surface area contributed by atoms with Gasteiger partial charge in [-0.15, -0.1) is 0 Å². The molecule has 120 valence electrons. The maximum Gasteiger partial charge on any atom is 0.164 e. The van der Waals surface area contributed by atoms with E-state index in [9.17, 15) is 13.2 Å². The molecule has 1 fully saturated rings. The van der Waals surface area contributed by atoms with Crippen LogP contribution in [0.1, 0.15) is 12.0 Å². The van der Waals surface area contributed by atoms with E-state index in [0.29, 0.717) is 13.0 Å². The van der Waals surface area contributed by atoms with Crippen LogP contribution in [0.4, 0.5) is 18.9 Å². The maximum atomic E-state index is 14.3. The molecule has 0 aromatic heterocycles. The molecule has 4 nitrogen and oxygen atoms in total. The predicted molar refractivity (Wildman–Crippen MR) is 80.4 cm³/mol. The van der Waals surface area contributed by atoms with E-state index < -0.39 is 28.6 Å². The normalized spacial score (nSPS) is 33.3. The predicted octanol–water partition coefficient (Wildman–Crippen LogP) is 2.18. The van der Waals surface area contributed by atoms with Crippen molar-refractivity contribution in [3.8, 4) is 0 Å². The van der Waals surface area contributed by atoms with E-state index >= 15 is 0 Å². The summed E-state index contributed by atoms with van der Waals surface area (Å²) in [5.41, 5.74) is 9.71. The Hall–Kier alpha value is -1.41. The Labute approximate surface area is 130 Å². The summed E-state index contributed by atoms with van der Waals surface area (Å²) >= 11 is 1.30. The Kier molecular flexibility index (Phi) is 3.56. The molecule has 3 atom stereocenters. The molecule has 1 aliphatic carbocycles. The molecule has 0 unspecified atom stereocenters. The molecule has 2 aliphatic rings. The van der Waals surface area contributed by atoms with Gasteiger partial charge in [-0.05, 0) is 18.6 Å². The number of hydrogen-bond donors (Lipinski definition) is 2. The minimum Gasteiger partial charge on any atom is -0.399 e. The van der Waals surface area contributed by atoms with Crippen LogP contribution in [0.15, 0.2) is 17.1 Å². The van der Waals surface area contributed by atoms with E-state index in [1.54, 1.807) is 0 Å². The number of thioether (sulfide) groups is 1. The Morgan fingerprint density at radius 2 is 2.14 bits per heavy atom. The van der Waals surface area contributed by atoms with Crippen LogP contribution in [0.2, 0.25) is 0 Å². The van der Waals surface area contributed by atoms with E-state index in [-0.39, 0.29) is 22.3 Å². The van der Waals surface area contributed by atoms with Gasteiger partial charge < -0.3 is 16.2 Å². The van der Waals surface area contributed by atoms with Gasteiger partial charge in [0.15, 0.2) is 16.8 Å². The number of halogens is 3. The van der Waals surface area contributed by atoms with E-state index in [2.05, 4.69) is 4.99 Å². The van der Waals surface area contributed by atoms with Crippen molar-refractivity contribution in [1.82, 2.24) is 0 Å². The van der Waals surface area contributed by atoms with Gasteiger partial charge in [-0.2, -0.15) is 0 Å². The van der Waals surface area contributed by atoms with Gasteiger partial charge in [0.25, 0.3) is 0 Å². The first-order chi connectivity index (χ1) is 10.4. The minimum atomic E-state index is -1.55. The second kappa shape index (κ2) is 5.06. The number of anilines is 1. The molecule has 3 rings (SSSR count). The zero-order chi connectivity index (χ0) is 16.1. The third kappa shape index (κ3) is 2.08. The van der Waals surface area contributed by atoms with Crippen molar-refractivity contribution in [2.45, 2.75) is 16.7 Å². The van der Waals surface area contributed by atoms with Crippen molar-refractivity contribution in [1.29, 1.82) is 0 Å². The second-order valence-electron chi connectivity index (χ2n) is 5.73. The maximum absolute atomic E-state index is 14.3. The Morgan fingerprint density at radius 1 is 1.41 bits per heavy atom. The molecule has 4 N–H and O–H groups in total. The van der Waals surface area contributed by atoms with Crippen molar-refractivity contribution in [3.63, 3.8) is 0 Å². The number of nitrogen functional groups attached to an aromatic ring is 1. The number of amidine groups is 1. The topological polar surface area (TPSA) is 73.6 Å². The lowest BCUT2D eigenvalue weighted by molar-refractivity contribution is 0.176. The first kappa shape index (κ1) is 15.5. The summed E-state index contributed by atoms with van der Waals surface area (Å²) < 4.78 is 46.7. The van der Waals surface area contributed by atoms with Crippen molar-refractivity contribution in [3.05, 3.63) is 29.3 Å². The van der Waals surface area contributed by atoms with Crippen LogP contribution in [0.25, 0.3) is 0 Å². The summed E-state index contributed by atoms with van der Waals surface area (Å²) in [6.45, 7) is -0.642. The van der Waals surface area contributed by atoms with Crippen LogP contribution >= 0.6 is 11.8 Å². The lowest BCUT2D eigenvalue weighted by atomic mass is 9.84. The van der Waals surface area contributed by atoms with Gasteiger partial charge in [-0.3, -0.25) is 0 Å². The number of methoxy groups -OCH3 is 1. The third-order valence-corrected chi connectivity index (χ3v) is 5.60. The third-order valence-electron chi connectivity index (χ3n) is 4.33. The number of ether oxygens (including phenoxy) is 1. The van der Waals surface area contributed by atoms with Crippen LogP contribution in [-0.4, -0.2) is 30.3 Å². The van der Waals surface area contributed by atoms with Crippen molar-refractivity contribution in [2.75, 3.05) is 26.1 Å². The van der Waals surface area contributed by atoms with E-state index in [1.807, 2.05) is 0 Å². The number of rotatable bonds is 4. The molecule has 0 bridgehead atoms. The molecule has 1 aliphatic heterocycles. The van der Waals surface area contributed by atoms with Gasteiger partial charge in [-0.25, -0.2) is 18.2 Å². The highest BCUT2D eigenvalue weighted by atomic mass is 32.2. The lowest BCUT2D eigenvalue weighted by Crippen LogP contribution is -2.41. The SMILES string of the molecule is COC[C@]12C[C@H]1[C@@](CF)(c1cc(N)cc(F)c1F)N=C(N)S2. The fraction of sp³-hybridized carbons (Fsp3) is 0.500. The molecule has 1 heterocycles. The molecule has 22 heavy (non-hydrogen) atoms. The summed E-state index contributed by atoms with van der Waals surface area (Å²) in [4.78, 5) is 4.16. The lowest BCUT2D eigenvalue weighted by Gasteiger charge is -2.35. The van der Waals surface area contributed by atoms with Crippen molar-refractivity contribution in [2.24, 2.45) is 16.6 Å². The van der Waals surface area contributed by atoms with Crippen LogP contribution in [0.3, 0.4) is 0 Å². The number of nitrogens with two attached hydrogens (primary N) is 2. The number of fused-ring (bicyclic) bond motifs is 1. The molecular formula is C14H16F3N3OS. The van der Waals surface area contributed by atoms with Crippen LogP contribution in [0, 0.1) is 17.6 Å². The van der Waals surface area contributed by atoms with Crippen LogP contribution in [-0.2, 0) is 10.3 Å². The average molecular weight is 331 g/mol. The highest BCUT2D eigenvalue weighted by Gasteiger charge is 2.68. The average Bonchev–Trinajstić information content (AvgIpc) is 3.16. The van der Waals surface area contributed by atoms with Gasteiger partial charge in [0, 0.05) is 24.3 Å². The molecule has 1 aromatic carbocycles. The monoisotopic (exact) mass is 331 g/mol. The smallest absolute Gasteiger partial charge is 0.164 e. The van der Waals surface area contributed by atoms with Crippen molar-refractivity contribution < 1.29 is 17.9 Å². The molecule has 1 aromatic rings. The molecule has 1 saturated carbocycles. The summed E-state index contributed by atoms with van der Waals surface area (Å²) in [6, 6.07) is 2.10. The summed E-state index contributed by atoms with van der Waals surface area (Å²) in [5, 5.41) is 0.144. The summed E-state index contributed by atoms with van der Waals surface area (Å²) in [6.07, 6.45) is 0.565. The van der Waals surface area contributed by atoms with Crippen LogP contribution in [0.5, 0.6) is 0 Å². The minimum absolute atomic E-state index is 0.0201. The largest absolute Gasteiger partial charge is 0.399 e. The quantitative estimate of drug-likeness (QED) is 0.830. The van der Waals surface area contributed by atoms with Gasteiger partial charge in [0.2, 0.25) is 0 Å². The molecule has 0 radical (unpaired) electrons. The Morgan fingerprint density at radius 3 is 2.77 bits per heavy atom. The second-order valence-corrected chi connectivity index (χ2v) is 7.16. The zero-order valence-electron chi connectivity index (χ0n) is 11.9. The first-order valence-corrected chi connectivity index (χ1v) is 7.54. The fourth-order valence-corrected chi connectivity index (χ4v) is 4.70. The molecular weight excluding hydrogens is 315 g/mol. The standard InChI is InChI=1S/C14H16F3N3OS/c1-21-6-13-4-10(13)14(5-15,20-12(19)22-13)8-2-7(18)3-9(16)11(8)17/h2-3,10H,4-6,18H2,1H3,(H2,19,20)/t10-,13-,14-/m1/s1. The first-order valence-electron chi connectivity index (χ1n) is 6.73.